The Morgan fingerprint density at radius 3 is 2.52 bits per heavy atom. The number of carbonyl (C=O) groups is 1. The predicted molar refractivity (Wildman–Crippen MR) is 98.6 cm³/mol. The van der Waals surface area contributed by atoms with Crippen molar-refractivity contribution in [2.75, 3.05) is 10.6 Å². The van der Waals surface area contributed by atoms with E-state index in [9.17, 15) is 10.0 Å². The first-order chi connectivity index (χ1) is 12.1. The van der Waals surface area contributed by atoms with Crippen molar-refractivity contribution in [3.05, 3.63) is 94.4 Å². The van der Waals surface area contributed by atoms with Crippen LogP contribution in [0.5, 0.6) is 0 Å². The fourth-order valence-corrected chi connectivity index (χ4v) is 2.58. The Bertz CT molecular complexity index is 885. The van der Waals surface area contributed by atoms with Gasteiger partial charge in [-0.05, 0) is 29.8 Å². The number of rotatable bonds is 5. The van der Waals surface area contributed by atoms with Gasteiger partial charge >= 0.3 is 5.91 Å². The molecular formula is C19H16ClN3O2. The zero-order valence-electron chi connectivity index (χ0n) is 13.3. The fourth-order valence-electron chi connectivity index (χ4n) is 2.33. The molecule has 126 valence electrons. The summed E-state index contributed by atoms with van der Waals surface area (Å²) in [5, 5.41) is 18.0. The molecule has 0 saturated heterocycles. The van der Waals surface area contributed by atoms with Gasteiger partial charge in [0.2, 0.25) is 0 Å². The second-order valence-corrected chi connectivity index (χ2v) is 5.81. The van der Waals surface area contributed by atoms with Gasteiger partial charge in [-0.2, -0.15) is 4.73 Å². The Kier molecular flexibility index (Phi) is 5.16. The first kappa shape index (κ1) is 16.8. The van der Waals surface area contributed by atoms with Crippen molar-refractivity contribution in [2.24, 2.45) is 0 Å². The second kappa shape index (κ2) is 7.68. The molecular weight excluding hydrogens is 338 g/mol. The maximum atomic E-state index is 12.2. The first-order valence-electron chi connectivity index (χ1n) is 7.70. The molecule has 2 N–H and O–H groups in total. The number of pyridine rings is 1. The van der Waals surface area contributed by atoms with Crippen LogP contribution in [0.2, 0.25) is 5.02 Å². The van der Waals surface area contributed by atoms with Crippen LogP contribution in [0.15, 0.2) is 72.9 Å². The van der Waals surface area contributed by atoms with Gasteiger partial charge in [0.05, 0.1) is 10.7 Å². The van der Waals surface area contributed by atoms with Gasteiger partial charge in [-0.1, -0.05) is 41.9 Å². The molecule has 0 radical (unpaired) electrons. The Hall–Kier alpha value is -3.05. The van der Waals surface area contributed by atoms with Crippen LogP contribution in [-0.2, 0) is 6.54 Å². The van der Waals surface area contributed by atoms with Crippen molar-refractivity contribution < 1.29 is 9.52 Å². The van der Waals surface area contributed by atoms with Crippen LogP contribution in [0.25, 0.3) is 0 Å². The molecule has 1 amide bonds. The quantitative estimate of drug-likeness (QED) is 0.541. The molecule has 1 aromatic heterocycles. The lowest BCUT2D eigenvalue weighted by Crippen LogP contribution is -2.36. The maximum Gasteiger partial charge on any atom is 0.321 e. The summed E-state index contributed by atoms with van der Waals surface area (Å²) in [4.78, 5) is 12.2. The van der Waals surface area contributed by atoms with Crippen molar-refractivity contribution >= 4 is 28.9 Å². The third-order valence-corrected chi connectivity index (χ3v) is 3.92. The zero-order valence-corrected chi connectivity index (χ0v) is 14.0. The summed E-state index contributed by atoms with van der Waals surface area (Å²) in [5.41, 5.74) is 2.44. The first-order valence-corrected chi connectivity index (χ1v) is 8.08. The molecule has 3 rings (SSSR count). The molecule has 0 aliphatic rings. The van der Waals surface area contributed by atoms with E-state index < -0.39 is 5.91 Å². The van der Waals surface area contributed by atoms with E-state index in [0.717, 1.165) is 11.3 Å². The molecule has 0 aliphatic carbocycles. The third kappa shape index (κ3) is 4.28. The Morgan fingerprint density at radius 1 is 1.04 bits per heavy atom. The van der Waals surface area contributed by atoms with Gasteiger partial charge in [-0.15, -0.1) is 0 Å². The average molecular weight is 354 g/mol. The molecule has 2 aromatic carbocycles. The minimum atomic E-state index is -0.489. The van der Waals surface area contributed by atoms with Crippen LogP contribution < -0.4 is 15.4 Å². The average Bonchev–Trinajstić information content (AvgIpc) is 2.62. The number of benzene rings is 2. The molecule has 0 atom stereocenters. The van der Waals surface area contributed by atoms with Crippen molar-refractivity contribution in [1.82, 2.24) is 0 Å². The SMILES string of the molecule is O=C(Nc1ccc(NCc2ccccc2)c(Cl)c1)c1cccc[n+]1[O-]. The summed E-state index contributed by atoms with van der Waals surface area (Å²) >= 11 is 6.28. The van der Waals surface area contributed by atoms with E-state index in [1.54, 1.807) is 30.3 Å². The minimum absolute atomic E-state index is 0.0184. The smallest absolute Gasteiger partial charge is 0.321 e. The zero-order chi connectivity index (χ0) is 17.6. The Labute approximate surface area is 150 Å². The van der Waals surface area contributed by atoms with E-state index in [-0.39, 0.29) is 5.69 Å². The van der Waals surface area contributed by atoms with Gasteiger partial charge in [0.1, 0.15) is 0 Å². The van der Waals surface area contributed by atoms with Crippen molar-refractivity contribution in [3.63, 3.8) is 0 Å². The van der Waals surface area contributed by atoms with E-state index in [0.29, 0.717) is 22.0 Å². The van der Waals surface area contributed by atoms with E-state index in [4.69, 9.17) is 11.6 Å². The lowest BCUT2D eigenvalue weighted by Gasteiger charge is -2.11. The number of halogens is 1. The summed E-state index contributed by atoms with van der Waals surface area (Å²) in [6, 6.07) is 19.8. The van der Waals surface area contributed by atoms with Crippen LogP contribution in [0.3, 0.4) is 0 Å². The number of carbonyl (C=O) groups excluding carboxylic acids is 1. The fraction of sp³-hybridized carbons (Fsp3) is 0.0526. The molecule has 0 bridgehead atoms. The van der Waals surface area contributed by atoms with Crippen LogP contribution in [-0.4, -0.2) is 5.91 Å². The molecule has 0 saturated carbocycles. The van der Waals surface area contributed by atoms with Gasteiger partial charge in [-0.3, -0.25) is 4.79 Å². The van der Waals surface area contributed by atoms with Crippen LogP contribution in [0, 0.1) is 5.21 Å². The molecule has 0 aliphatic heterocycles. The number of amides is 1. The molecule has 1 heterocycles. The number of aromatic nitrogens is 1. The lowest BCUT2D eigenvalue weighted by molar-refractivity contribution is -0.607. The van der Waals surface area contributed by atoms with E-state index in [1.807, 2.05) is 30.3 Å². The number of nitrogens with zero attached hydrogens (tertiary/aromatic N) is 1. The molecule has 0 spiro atoms. The van der Waals surface area contributed by atoms with Crippen molar-refractivity contribution in [2.45, 2.75) is 6.54 Å². The van der Waals surface area contributed by atoms with E-state index in [1.165, 1.54) is 12.3 Å². The summed E-state index contributed by atoms with van der Waals surface area (Å²) in [5.74, 6) is -0.489. The van der Waals surface area contributed by atoms with Crippen LogP contribution in [0.4, 0.5) is 11.4 Å². The molecule has 25 heavy (non-hydrogen) atoms. The van der Waals surface area contributed by atoms with Gasteiger partial charge < -0.3 is 15.8 Å². The number of hydrogen-bond donors (Lipinski definition) is 2. The Balaban J connectivity index is 1.67. The minimum Gasteiger partial charge on any atom is -0.618 e. The Morgan fingerprint density at radius 2 is 1.80 bits per heavy atom. The summed E-state index contributed by atoms with van der Waals surface area (Å²) in [6.45, 7) is 0.645. The summed E-state index contributed by atoms with van der Waals surface area (Å²) < 4.78 is 0.521. The van der Waals surface area contributed by atoms with Crippen LogP contribution in [0.1, 0.15) is 16.1 Å². The monoisotopic (exact) mass is 353 g/mol. The molecule has 6 heteroatoms. The van der Waals surface area contributed by atoms with Gasteiger partial charge in [-0.25, -0.2) is 0 Å². The van der Waals surface area contributed by atoms with Gasteiger partial charge in [0.25, 0.3) is 5.69 Å². The molecule has 5 nitrogen and oxygen atoms in total. The normalized spacial score (nSPS) is 10.3. The highest BCUT2D eigenvalue weighted by Gasteiger charge is 2.15. The number of hydrogen-bond acceptors (Lipinski definition) is 3. The van der Waals surface area contributed by atoms with Gasteiger partial charge in [0.15, 0.2) is 6.20 Å². The second-order valence-electron chi connectivity index (χ2n) is 5.40. The highest BCUT2D eigenvalue weighted by molar-refractivity contribution is 6.33. The largest absolute Gasteiger partial charge is 0.618 e. The number of nitrogens with one attached hydrogen (secondary N) is 2. The lowest BCUT2D eigenvalue weighted by atomic mass is 10.2. The van der Waals surface area contributed by atoms with Gasteiger partial charge in [0, 0.05) is 24.4 Å². The standard InChI is InChI=1S/C19H16ClN3O2/c20-16-12-15(22-19(24)18-8-4-5-11-23(18)25)9-10-17(16)21-13-14-6-2-1-3-7-14/h1-12,21H,13H2,(H,22,24). The third-order valence-electron chi connectivity index (χ3n) is 3.61. The van der Waals surface area contributed by atoms with E-state index in [2.05, 4.69) is 10.6 Å². The predicted octanol–water partition coefficient (Wildman–Crippen LogP) is 3.84. The highest BCUT2D eigenvalue weighted by Crippen LogP contribution is 2.26. The van der Waals surface area contributed by atoms with Crippen molar-refractivity contribution in [3.8, 4) is 0 Å². The highest BCUT2D eigenvalue weighted by atomic mass is 35.5. The van der Waals surface area contributed by atoms with Crippen molar-refractivity contribution in [1.29, 1.82) is 0 Å². The van der Waals surface area contributed by atoms with Crippen LogP contribution >= 0.6 is 11.6 Å². The molecule has 0 unspecified atom stereocenters. The summed E-state index contributed by atoms with van der Waals surface area (Å²) in [7, 11) is 0. The summed E-state index contributed by atoms with van der Waals surface area (Å²) in [6.07, 6.45) is 1.28. The molecule has 3 aromatic rings. The molecule has 0 fully saturated rings. The maximum absolute atomic E-state index is 12.2. The van der Waals surface area contributed by atoms with E-state index >= 15 is 0 Å². The topological polar surface area (TPSA) is 68.1 Å². The number of anilines is 2.